The van der Waals surface area contributed by atoms with Gasteiger partial charge in [-0.3, -0.25) is 4.98 Å². The van der Waals surface area contributed by atoms with Gasteiger partial charge in [-0.1, -0.05) is 11.2 Å². The van der Waals surface area contributed by atoms with Crippen molar-refractivity contribution >= 4 is 10.9 Å². The first-order valence-electron chi connectivity index (χ1n) is 5.15. The van der Waals surface area contributed by atoms with E-state index in [2.05, 4.69) is 15.1 Å². The van der Waals surface area contributed by atoms with E-state index in [1.807, 2.05) is 30.3 Å². The number of pyridine rings is 1. The molecule has 0 atom stereocenters. The lowest BCUT2D eigenvalue weighted by Crippen LogP contribution is -1.85. The van der Waals surface area contributed by atoms with Crippen molar-refractivity contribution in [2.75, 3.05) is 0 Å². The van der Waals surface area contributed by atoms with E-state index in [0.717, 1.165) is 16.5 Å². The maximum Gasteiger partial charge on any atom is 0.258 e. The largest absolute Gasteiger partial charge is 0.388 e. The van der Waals surface area contributed by atoms with Crippen LogP contribution < -0.4 is 0 Å². The number of rotatable bonds is 2. The molecule has 1 N–H and O–H groups in total. The van der Waals surface area contributed by atoms with Crippen LogP contribution in [0.5, 0.6) is 0 Å². The van der Waals surface area contributed by atoms with Crippen molar-refractivity contribution in [2.24, 2.45) is 0 Å². The smallest absolute Gasteiger partial charge is 0.258 e. The molecule has 0 saturated carbocycles. The molecule has 2 heterocycles. The molecule has 0 aliphatic heterocycles. The summed E-state index contributed by atoms with van der Waals surface area (Å²) in [5.74, 6) is 0.686. The van der Waals surface area contributed by atoms with E-state index in [1.165, 1.54) is 0 Å². The molecular weight excluding hydrogens is 218 g/mol. The number of aliphatic hydroxyl groups is 1. The van der Waals surface area contributed by atoms with Gasteiger partial charge < -0.3 is 9.63 Å². The van der Waals surface area contributed by atoms with Gasteiger partial charge in [-0.2, -0.15) is 4.98 Å². The summed E-state index contributed by atoms with van der Waals surface area (Å²) in [6.45, 7) is -0.224. The summed E-state index contributed by atoms with van der Waals surface area (Å²) in [6, 6.07) is 9.53. The van der Waals surface area contributed by atoms with Gasteiger partial charge in [-0.05, 0) is 24.3 Å². The summed E-state index contributed by atoms with van der Waals surface area (Å²) in [6.07, 6.45) is 1.75. The predicted molar refractivity (Wildman–Crippen MR) is 61.0 cm³/mol. The van der Waals surface area contributed by atoms with Crippen LogP contribution in [0.3, 0.4) is 0 Å². The zero-order valence-corrected chi connectivity index (χ0v) is 8.87. The van der Waals surface area contributed by atoms with Crippen molar-refractivity contribution in [2.45, 2.75) is 6.61 Å². The second-order valence-electron chi connectivity index (χ2n) is 3.58. The summed E-state index contributed by atoms with van der Waals surface area (Å²) in [4.78, 5) is 8.29. The third-order valence-electron chi connectivity index (χ3n) is 2.46. The Kier molecular flexibility index (Phi) is 2.31. The van der Waals surface area contributed by atoms with Crippen LogP contribution in [0.1, 0.15) is 5.82 Å². The van der Waals surface area contributed by atoms with Crippen LogP contribution in [0.25, 0.3) is 22.4 Å². The van der Waals surface area contributed by atoms with Crippen molar-refractivity contribution in [3.05, 3.63) is 42.4 Å². The molecular formula is C12H9N3O2. The van der Waals surface area contributed by atoms with Crippen molar-refractivity contribution in [3.8, 4) is 11.5 Å². The van der Waals surface area contributed by atoms with E-state index < -0.39 is 0 Å². The summed E-state index contributed by atoms with van der Waals surface area (Å²) in [5, 5.41) is 13.5. The first-order chi connectivity index (χ1) is 8.36. The topological polar surface area (TPSA) is 72.0 Å². The molecule has 0 spiro atoms. The molecule has 0 aliphatic carbocycles. The fourth-order valence-electron chi connectivity index (χ4n) is 1.64. The molecule has 5 nitrogen and oxygen atoms in total. The fraction of sp³-hybridized carbons (Fsp3) is 0.0833. The van der Waals surface area contributed by atoms with Gasteiger partial charge in [-0.15, -0.1) is 0 Å². The van der Waals surface area contributed by atoms with Gasteiger partial charge in [0.2, 0.25) is 0 Å². The summed E-state index contributed by atoms with van der Waals surface area (Å²) in [7, 11) is 0. The molecule has 84 valence electrons. The summed E-state index contributed by atoms with van der Waals surface area (Å²) < 4.78 is 5.05. The Labute approximate surface area is 96.7 Å². The average molecular weight is 227 g/mol. The lowest BCUT2D eigenvalue weighted by Gasteiger charge is -1.98. The van der Waals surface area contributed by atoms with Gasteiger partial charge >= 0.3 is 0 Å². The van der Waals surface area contributed by atoms with Crippen LogP contribution in [0, 0.1) is 0 Å². The van der Waals surface area contributed by atoms with E-state index >= 15 is 0 Å². The molecule has 0 radical (unpaired) electrons. The minimum absolute atomic E-state index is 0.224. The van der Waals surface area contributed by atoms with Crippen LogP contribution in [0.2, 0.25) is 0 Å². The highest BCUT2D eigenvalue weighted by atomic mass is 16.5. The number of hydrogen-bond acceptors (Lipinski definition) is 5. The van der Waals surface area contributed by atoms with Gasteiger partial charge in [0.25, 0.3) is 5.89 Å². The molecule has 5 heteroatoms. The maximum absolute atomic E-state index is 8.87. The highest BCUT2D eigenvalue weighted by Gasteiger charge is 2.08. The van der Waals surface area contributed by atoms with Crippen LogP contribution >= 0.6 is 0 Å². The molecule has 0 bridgehead atoms. The number of aliphatic hydroxyl groups excluding tert-OH is 1. The third kappa shape index (κ3) is 1.76. The zero-order valence-electron chi connectivity index (χ0n) is 8.87. The van der Waals surface area contributed by atoms with Gasteiger partial charge in [0.1, 0.15) is 6.61 Å². The lowest BCUT2D eigenvalue weighted by atomic mass is 10.1. The molecule has 2 aromatic heterocycles. The lowest BCUT2D eigenvalue weighted by molar-refractivity contribution is 0.264. The Morgan fingerprint density at radius 1 is 1.24 bits per heavy atom. The Morgan fingerprint density at radius 3 is 3.00 bits per heavy atom. The second-order valence-corrected chi connectivity index (χ2v) is 3.58. The number of aromatic nitrogens is 3. The first kappa shape index (κ1) is 9.92. The Hall–Kier alpha value is -2.27. The minimum atomic E-state index is -0.224. The SMILES string of the molecule is OCc1noc(-c2ccc3ncccc3c2)n1. The van der Waals surface area contributed by atoms with E-state index in [9.17, 15) is 0 Å². The summed E-state index contributed by atoms with van der Waals surface area (Å²) >= 11 is 0. The van der Waals surface area contributed by atoms with E-state index in [-0.39, 0.29) is 12.4 Å². The number of benzene rings is 1. The molecule has 1 aromatic carbocycles. The second kappa shape index (κ2) is 3.95. The monoisotopic (exact) mass is 227 g/mol. The van der Waals surface area contributed by atoms with Gasteiger partial charge in [0.05, 0.1) is 5.52 Å². The quantitative estimate of drug-likeness (QED) is 0.722. The van der Waals surface area contributed by atoms with Crippen LogP contribution in [-0.4, -0.2) is 20.2 Å². The van der Waals surface area contributed by atoms with Gasteiger partial charge in [0.15, 0.2) is 5.82 Å². The normalized spacial score (nSPS) is 10.9. The Morgan fingerprint density at radius 2 is 2.18 bits per heavy atom. The molecule has 3 rings (SSSR count). The molecule has 0 saturated heterocycles. The van der Waals surface area contributed by atoms with Crippen molar-refractivity contribution < 1.29 is 9.63 Å². The maximum atomic E-state index is 8.87. The van der Waals surface area contributed by atoms with E-state index in [1.54, 1.807) is 6.20 Å². The molecule has 0 unspecified atom stereocenters. The number of nitrogens with zero attached hydrogens (tertiary/aromatic N) is 3. The van der Waals surface area contributed by atoms with E-state index in [4.69, 9.17) is 9.63 Å². The van der Waals surface area contributed by atoms with Gasteiger partial charge in [-0.25, -0.2) is 0 Å². The fourth-order valence-corrected chi connectivity index (χ4v) is 1.64. The molecule has 0 aliphatic rings. The highest BCUT2D eigenvalue weighted by molar-refractivity contribution is 5.82. The van der Waals surface area contributed by atoms with Crippen LogP contribution in [0.4, 0.5) is 0 Å². The molecule has 0 amide bonds. The molecule has 0 fully saturated rings. The minimum Gasteiger partial charge on any atom is -0.388 e. The molecule has 3 aromatic rings. The van der Waals surface area contributed by atoms with Crippen molar-refractivity contribution in [1.82, 2.24) is 15.1 Å². The van der Waals surface area contributed by atoms with Gasteiger partial charge in [0, 0.05) is 17.1 Å². The average Bonchev–Trinajstić information content (AvgIpc) is 2.87. The predicted octanol–water partition coefficient (Wildman–Crippen LogP) is 1.78. The van der Waals surface area contributed by atoms with Crippen LogP contribution in [-0.2, 0) is 6.61 Å². The zero-order chi connectivity index (χ0) is 11.7. The standard InChI is InChI=1S/C12H9N3O2/c16-7-11-14-12(17-15-11)9-3-4-10-8(6-9)2-1-5-13-10/h1-6,16H,7H2. The molecule has 17 heavy (non-hydrogen) atoms. The number of hydrogen-bond donors (Lipinski definition) is 1. The highest BCUT2D eigenvalue weighted by Crippen LogP contribution is 2.21. The number of fused-ring (bicyclic) bond motifs is 1. The Balaban J connectivity index is 2.11. The van der Waals surface area contributed by atoms with Crippen molar-refractivity contribution in [1.29, 1.82) is 0 Å². The first-order valence-corrected chi connectivity index (χ1v) is 5.15. The summed E-state index contributed by atoms with van der Waals surface area (Å²) in [5.41, 5.74) is 1.73. The third-order valence-corrected chi connectivity index (χ3v) is 2.46. The van der Waals surface area contributed by atoms with Crippen LogP contribution in [0.15, 0.2) is 41.1 Å². The van der Waals surface area contributed by atoms with E-state index in [0.29, 0.717) is 5.89 Å². The Bertz CT molecular complexity index is 663. The van der Waals surface area contributed by atoms with Crippen molar-refractivity contribution in [3.63, 3.8) is 0 Å².